The van der Waals surface area contributed by atoms with Crippen LogP contribution < -0.4 is 10.1 Å². The largest absolute Gasteiger partial charge is 0.495 e. The molecule has 0 aliphatic carbocycles. The van der Waals surface area contributed by atoms with Gasteiger partial charge in [-0.1, -0.05) is 13.0 Å². The number of amides is 1. The lowest BCUT2D eigenvalue weighted by Gasteiger charge is -2.19. The van der Waals surface area contributed by atoms with E-state index in [0.29, 0.717) is 18.0 Å². The molecule has 1 amide bonds. The molecule has 0 saturated carbocycles. The number of benzene rings is 1. The highest BCUT2D eigenvalue weighted by Gasteiger charge is 2.15. The average Bonchev–Trinajstić information content (AvgIpc) is 3.07. The van der Waals surface area contributed by atoms with E-state index in [-0.39, 0.29) is 18.1 Å². The Bertz CT molecular complexity index is 703. The van der Waals surface area contributed by atoms with Gasteiger partial charge in [0.05, 0.1) is 24.3 Å². The molecule has 0 spiro atoms. The third-order valence-electron chi connectivity index (χ3n) is 3.44. The number of carbonyl (C=O) groups is 1. The molecule has 0 saturated heterocycles. The molecule has 0 radical (unpaired) electrons. The van der Waals surface area contributed by atoms with Crippen LogP contribution in [0.4, 0.5) is 11.4 Å². The van der Waals surface area contributed by atoms with Crippen LogP contribution in [0, 0.1) is 10.1 Å². The first kappa shape index (κ1) is 17.9. The predicted molar refractivity (Wildman–Crippen MR) is 93.5 cm³/mol. The van der Waals surface area contributed by atoms with E-state index in [1.165, 1.54) is 30.2 Å². The van der Waals surface area contributed by atoms with Crippen molar-refractivity contribution in [2.24, 2.45) is 0 Å². The standard InChI is InChI=1S/C16H19N3O4S/c1-3-18(10-13-5-4-8-24-13)11-16(20)17-14-9-12(19(21)22)6-7-15(14)23-2/h4-9H,3,10-11H2,1-2H3,(H,17,20). The summed E-state index contributed by atoms with van der Waals surface area (Å²) in [5, 5.41) is 15.6. The van der Waals surface area contributed by atoms with Crippen molar-refractivity contribution in [3.05, 3.63) is 50.7 Å². The van der Waals surface area contributed by atoms with Gasteiger partial charge in [0.25, 0.3) is 5.69 Å². The number of nitrogens with zero attached hydrogens (tertiary/aromatic N) is 2. The summed E-state index contributed by atoms with van der Waals surface area (Å²) in [4.78, 5) is 25.8. The quantitative estimate of drug-likeness (QED) is 0.585. The summed E-state index contributed by atoms with van der Waals surface area (Å²) in [7, 11) is 1.45. The molecule has 1 N–H and O–H groups in total. The zero-order valence-corrected chi connectivity index (χ0v) is 14.3. The number of carbonyl (C=O) groups excluding carboxylic acids is 1. The minimum Gasteiger partial charge on any atom is -0.495 e. The first-order valence-corrected chi connectivity index (χ1v) is 8.28. The van der Waals surface area contributed by atoms with Gasteiger partial charge < -0.3 is 10.1 Å². The molecular formula is C16H19N3O4S. The van der Waals surface area contributed by atoms with E-state index < -0.39 is 4.92 Å². The van der Waals surface area contributed by atoms with Gasteiger partial charge in [0.15, 0.2) is 0 Å². The van der Waals surface area contributed by atoms with Crippen molar-refractivity contribution in [1.82, 2.24) is 4.90 Å². The molecule has 2 rings (SSSR count). The molecule has 8 heteroatoms. The predicted octanol–water partition coefficient (Wildman–Crippen LogP) is 3.13. The van der Waals surface area contributed by atoms with Gasteiger partial charge in [-0.05, 0) is 24.1 Å². The van der Waals surface area contributed by atoms with E-state index in [4.69, 9.17) is 4.74 Å². The molecular weight excluding hydrogens is 330 g/mol. The fraction of sp³-hybridized carbons (Fsp3) is 0.312. The van der Waals surface area contributed by atoms with E-state index >= 15 is 0 Å². The molecule has 0 unspecified atom stereocenters. The SMILES string of the molecule is CCN(CC(=O)Nc1cc([N+](=O)[O-])ccc1OC)Cc1cccs1. The van der Waals surface area contributed by atoms with E-state index in [1.807, 2.05) is 29.3 Å². The second-order valence-electron chi connectivity index (χ2n) is 5.07. The molecule has 0 aliphatic heterocycles. The highest BCUT2D eigenvalue weighted by Crippen LogP contribution is 2.28. The van der Waals surface area contributed by atoms with Crippen molar-refractivity contribution < 1.29 is 14.5 Å². The molecule has 0 aliphatic rings. The number of non-ortho nitro benzene ring substituents is 1. The van der Waals surface area contributed by atoms with Crippen LogP contribution in [-0.4, -0.2) is 35.9 Å². The van der Waals surface area contributed by atoms with Gasteiger partial charge in [-0.15, -0.1) is 11.3 Å². The van der Waals surface area contributed by atoms with Crippen LogP contribution in [0.2, 0.25) is 0 Å². The number of methoxy groups -OCH3 is 1. The van der Waals surface area contributed by atoms with E-state index in [9.17, 15) is 14.9 Å². The molecule has 1 heterocycles. The first-order chi connectivity index (χ1) is 11.5. The van der Waals surface area contributed by atoms with Gasteiger partial charge in [0.2, 0.25) is 5.91 Å². The second-order valence-corrected chi connectivity index (χ2v) is 6.10. The molecule has 1 aromatic carbocycles. The molecule has 0 atom stereocenters. The van der Waals surface area contributed by atoms with Crippen LogP contribution in [0.25, 0.3) is 0 Å². The van der Waals surface area contributed by atoms with E-state index in [0.717, 1.165) is 6.54 Å². The van der Waals surface area contributed by atoms with Gasteiger partial charge in [0, 0.05) is 23.6 Å². The minimum atomic E-state index is -0.510. The number of nitrogens with one attached hydrogen (secondary N) is 1. The minimum absolute atomic E-state index is 0.1000. The number of anilines is 1. The summed E-state index contributed by atoms with van der Waals surface area (Å²) in [6.45, 7) is 3.58. The normalized spacial score (nSPS) is 10.6. The Morgan fingerprint density at radius 2 is 2.21 bits per heavy atom. The van der Waals surface area contributed by atoms with Crippen LogP contribution in [-0.2, 0) is 11.3 Å². The Morgan fingerprint density at radius 1 is 1.42 bits per heavy atom. The lowest BCUT2D eigenvalue weighted by atomic mass is 10.2. The summed E-state index contributed by atoms with van der Waals surface area (Å²) < 4.78 is 5.15. The molecule has 128 valence electrons. The number of ether oxygens (including phenoxy) is 1. The molecule has 7 nitrogen and oxygen atoms in total. The zero-order chi connectivity index (χ0) is 17.5. The second kappa shape index (κ2) is 8.42. The van der Waals surface area contributed by atoms with Gasteiger partial charge in [-0.25, -0.2) is 0 Å². The van der Waals surface area contributed by atoms with Crippen LogP contribution in [0.3, 0.4) is 0 Å². The van der Waals surface area contributed by atoms with Crippen molar-refractivity contribution in [2.45, 2.75) is 13.5 Å². The zero-order valence-electron chi connectivity index (χ0n) is 13.5. The third kappa shape index (κ3) is 4.77. The Morgan fingerprint density at radius 3 is 2.79 bits per heavy atom. The lowest BCUT2D eigenvalue weighted by molar-refractivity contribution is -0.384. The molecule has 24 heavy (non-hydrogen) atoms. The van der Waals surface area contributed by atoms with E-state index in [1.54, 1.807) is 11.3 Å². The van der Waals surface area contributed by atoms with Crippen molar-refractivity contribution in [3.63, 3.8) is 0 Å². The van der Waals surface area contributed by atoms with E-state index in [2.05, 4.69) is 5.32 Å². The molecule has 2 aromatic rings. The number of rotatable bonds is 8. The number of nitro groups is 1. The van der Waals surface area contributed by atoms with Crippen LogP contribution in [0.15, 0.2) is 35.7 Å². The smallest absolute Gasteiger partial charge is 0.271 e. The summed E-state index contributed by atoms with van der Waals surface area (Å²) in [5.41, 5.74) is 0.195. The summed E-state index contributed by atoms with van der Waals surface area (Å²) in [6.07, 6.45) is 0. The van der Waals surface area contributed by atoms with Gasteiger partial charge in [0.1, 0.15) is 5.75 Å². The van der Waals surface area contributed by atoms with Crippen LogP contribution in [0.5, 0.6) is 5.75 Å². The molecule has 0 fully saturated rings. The Hall–Kier alpha value is -2.45. The lowest BCUT2D eigenvalue weighted by Crippen LogP contribution is -2.32. The summed E-state index contributed by atoms with van der Waals surface area (Å²) in [5.74, 6) is 0.141. The summed E-state index contributed by atoms with van der Waals surface area (Å²) >= 11 is 1.64. The third-order valence-corrected chi connectivity index (χ3v) is 4.30. The van der Waals surface area contributed by atoms with Crippen molar-refractivity contribution >= 4 is 28.6 Å². The average molecular weight is 349 g/mol. The topological polar surface area (TPSA) is 84.7 Å². The van der Waals surface area contributed by atoms with Gasteiger partial charge >= 0.3 is 0 Å². The Balaban J connectivity index is 2.05. The molecule has 1 aromatic heterocycles. The highest BCUT2D eigenvalue weighted by atomic mass is 32.1. The number of thiophene rings is 1. The number of hydrogen-bond donors (Lipinski definition) is 1. The maximum Gasteiger partial charge on any atom is 0.271 e. The number of hydrogen-bond acceptors (Lipinski definition) is 6. The van der Waals surface area contributed by atoms with Crippen LogP contribution >= 0.6 is 11.3 Å². The molecule has 0 bridgehead atoms. The van der Waals surface area contributed by atoms with Crippen molar-refractivity contribution in [1.29, 1.82) is 0 Å². The van der Waals surface area contributed by atoms with Crippen molar-refractivity contribution in [3.8, 4) is 5.75 Å². The highest BCUT2D eigenvalue weighted by molar-refractivity contribution is 7.09. The van der Waals surface area contributed by atoms with Gasteiger partial charge in [-0.2, -0.15) is 0 Å². The number of likely N-dealkylation sites (N-methyl/N-ethyl adjacent to an activating group) is 1. The Kier molecular flexibility index (Phi) is 6.28. The fourth-order valence-electron chi connectivity index (χ4n) is 2.20. The van der Waals surface area contributed by atoms with Crippen LogP contribution in [0.1, 0.15) is 11.8 Å². The maximum absolute atomic E-state index is 12.3. The first-order valence-electron chi connectivity index (χ1n) is 7.40. The monoisotopic (exact) mass is 349 g/mol. The maximum atomic E-state index is 12.3. The van der Waals surface area contributed by atoms with Crippen molar-refractivity contribution in [2.75, 3.05) is 25.5 Å². The van der Waals surface area contributed by atoms with Gasteiger partial charge in [-0.3, -0.25) is 19.8 Å². The Labute approximate surface area is 144 Å². The summed E-state index contributed by atoms with van der Waals surface area (Å²) in [6, 6.07) is 8.10. The number of nitro benzene ring substituents is 1. The fourth-order valence-corrected chi connectivity index (χ4v) is 2.95.